The van der Waals surface area contributed by atoms with Crippen molar-refractivity contribution in [3.63, 3.8) is 0 Å². The van der Waals surface area contributed by atoms with E-state index in [0.29, 0.717) is 0 Å². The molecule has 0 radical (unpaired) electrons. The van der Waals surface area contributed by atoms with E-state index < -0.39 is 0 Å². The number of nitrogens with zero attached hydrogens (tertiary/aromatic N) is 2. The zero-order valence-corrected chi connectivity index (χ0v) is 14.4. The maximum absolute atomic E-state index is 4.02. The van der Waals surface area contributed by atoms with E-state index in [0.717, 1.165) is 11.4 Å². The SMILES string of the molecule is C=CN(c1ccc(C)cc1)c1cc(/C(C)=C/C=N\C)ccc1C. The Kier molecular flexibility index (Phi) is 5.53. The van der Waals surface area contributed by atoms with Gasteiger partial charge in [-0.25, -0.2) is 0 Å². The minimum absolute atomic E-state index is 1.11. The van der Waals surface area contributed by atoms with Crippen molar-refractivity contribution in [1.29, 1.82) is 0 Å². The molecule has 0 unspecified atom stereocenters. The summed E-state index contributed by atoms with van der Waals surface area (Å²) in [7, 11) is 1.78. The average molecular weight is 304 g/mol. The summed E-state index contributed by atoms with van der Waals surface area (Å²) in [6.45, 7) is 10.3. The standard InChI is InChI=1S/C21H24N2/c1-6-23(20-11-7-16(2)8-12-20)21-15-19(10-9-18(21)4)17(3)13-14-22-5/h6-15H,1H2,2-5H3/b17-13+,22-14-. The fourth-order valence-electron chi connectivity index (χ4n) is 2.44. The molecule has 0 bridgehead atoms. The normalized spacial score (nSPS) is 11.7. The Bertz CT molecular complexity index is 737. The summed E-state index contributed by atoms with van der Waals surface area (Å²) in [5.41, 5.74) is 7.09. The minimum Gasteiger partial charge on any atom is -0.317 e. The van der Waals surface area contributed by atoms with Crippen LogP contribution in [-0.2, 0) is 0 Å². The Labute approximate surface area is 139 Å². The van der Waals surface area contributed by atoms with E-state index in [1.54, 1.807) is 7.05 Å². The molecular formula is C21H24N2. The highest BCUT2D eigenvalue weighted by Crippen LogP contribution is 2.31. The minimum atomic E-state index is 1.11. The van der Waals surface area contributed by atoms with Crippen LogP contribution in [0.4, 0.5) is 11.4 Å². The molecule has 0 aliphatic heterocycles. The lowest BCUT2D eigenvalue weighted by atomic mass is 10.0. The summed E-state index contributed by atoms with van der Waals surface area (Å²) in [6.07, 6.45) is 5.71. The van der Waals surface area contributed by atoms with Crippen molar-refractivity contribution in [3.05, 3.63) is 78.0 Å². The van der Waals surface area contributed by atoms with Crippen LogP contribution in [0.5, 0.6) is 0 Å². The van der Waals surface area contributed by atoms with Crippen molar-refractivity contribution in [2.75, 3.05) is 11.9 Å². The number of hydrogen-bond donors (Lipinski definition) is 0. The van der Waals surface area contributed by atoms with Gasteiger partial charge in [0.15, 0.2) is 0 Å². The van der Waals surface area contributed by atoms with Gasteiger partial charge in [-0.05, 0) is 61.7 Å². The second kappa shape index (κ2) is 7.59. The molecule has 2 aromatic carbocycles. The molecule has 0 saturated heterocycles. The van der Waals surface area contributed by atoms with E-state index >= 15 is 0 Å². The van der Waals surface area contributed by atoms with Gasteiger partial charge in [0.2, 0.25) is 0 Å². The second-order valence-corrected chi connectivity index (χ2v) is 5.65. The van der Waals surface area contributed by atoms with Crippen molar-refractivity contribution in [3.8, 4) is 0 Å². The Morgan fingerprint density at radius 2 is 1.78 bits per heavy atom. The molecule has 0 saturated carbocycles. The molecule has 118 valence electrons. The fourth-order valence-corrected chi connectivity index (χ4v) is 2.44. The third-order valence-corrected chi connectivity index (χ3v) is 3.89. The molecule has 2 nitrogen and oxygen atoms in total. The van der Waals surface area contributed by atoms with Crippen LogP contribution < -0.4 is 4.90 Å². The van der Waals surface area contributed by atoms with Crippen LogP contribution in [0.15, 0.2) is 66.3 Å². The van der Waals surface area contributed by atoms with Gasteiger partial charge in [0.25, 0.3) is 0 Å². The van der Waals surface area contributed by atoms with Crippen LogP contribution in [0.3, 0.4) is 0 Å². The van der Waals surface area contributed by atoms with Crippen molar-refractivity contribution in [2.24, 2.45) is 4.99 Å². The molecule has 0 heterocycles. The van der Waals surface area contributed by atoms with Gasteiger partial charge in [-0.1, -0.05) is 36.4 Å². The van der Waals surface area contributed by atoms with Crippen molar-refractivity contribution in [1.82, 2.24) is 0 Å². The van der Waals surface area contributed by atoms with Crippen LogP contribution in [0.2, 0.25) is 0 Å². The number of anilines is 2. The van der Waals surface area contributed by atoms with Crippen LogP contribution >= 0.6 is 0 Å². The first-order chi connectivity index (χ1) is 11.1. The number of aryl methyl sites for hydroxylation is 2. The lowest BCUT2D eigenvalue weighted by molar-refractivity contribution is 1.24. The maximum Gasteiger partial charge on any atom is 0.0490 e. The van der Waals surface area contributed by atoms with Gasteiger partial charge in [0, 0.05) is 30.8 Å². The van der Waals surface area contributed by atoms with E-state index in [2.05, 4.69) is 79.7 Å². The smallest absolute Gasteiger partial charge is 0.0490 e. The quantitative estimate of drug-likeness (QED) is 0.648. The van der Waals surface area contributed by atoms with Crippen LogP contribution in [0.1, 0.15) is 23.6 Å². The molecular weight excluding hydrogens is 280 g/mol. The molecule has 2 rings (SSSR count). The molecule has 0 fully saturated rings. The Hall–Kier alpha value is -2.61. The van der Waals surface area contributed by atoms with E-state index in [1.165, 1.54) is 22.3 Å². The number of benzene rings is 2. The molecule has 23 heavy (non-hydrogen) atoms. The third kappa shape index (κ3) is 3.98. The first-order valence-corrected chi connectivity index (χ1v) is 7.75. The second-order valence-electron chi connectivity index (χ2n) is 5.65. The Morgan fingerprint density at radius 3 is 2.39 bits per heavy atom. The average Bonchev–Trinajstić information content (AvgIpc) is 2.56. The summed E-state index contributed by atoms with van der Waals surface area (Å²) in [5.74, 6) is 0. The molecule has 0 amide bonds. The number of rotatable bonds is 5. The highest BCUT2D eigenvalue weighted by atomic mass is 15.1. The van der Waals surface area contributed by atoms with E-state index in [4.69, 9.17) is 0 Å². The zero-order chi connectivity index (χ0) is 16.8. The summed E-state index contributed by atoms with van der Waals surface area (Å²) in [5, 5.41) is 0. The van der Waals surface area contributed by atoms with Crippen molar-refractivity contribution >= 4 is 23.2 Å². The van der Waals surface area contributed by atoms with Gasteiger partial charge < -0.3 is 4.90 Å². The molecule has 0 atom stereocenters. The Morgan fingerprint density at radius 1 is 1.09 bits per heavy atom. The third-order valence-electron chi connectivity index (χ3n) is 3.89. The highest BCUT2D eigenvalue weighted by Gasteiger charge is 2.10. The van der Waals surface area contributed by atoms with Crippen molar-refractivity contribution < 1.29 is 0 Å². The summed E-state index contributed by atoms with van der Waals surface area (Å²) in [6, 6.07) is 15.0. The van der Waals surface area contributed by atoms with Gasteiger partial charge >= 0.3 is 0 Å². The molecule has 0 aliphatic carbocycles. The zero-order valence-electron chi connectivity index (χ0n) is 14.4. The largest absolute Gasteiger partial charge is 0.317 e. The lowest BCUT2D eigenvalue weighted by Crippen LogP contribution is -2.09. The van der Waals surface area contributed by atoms with Gasteiger partial charge in [-0.2, -0.15) is 0 Å². The summed E-state index contributed by atoms with van der Waals surface area (Å²) in [4.78, 5) is 6.14. The molecule has 0 aliphatic rings. The van der Waals surface area contributed by atoms with Gasteiger partial charge in [0.1, 0.15) is 0 Å². The number of allylic oxidation sites excluding steroid dienone is 2. The first-order valence-electron chi connectivity index (χ1n) is 7.75. The molecule has 2 heteroatoms. The Balaban J connectivity index is 2.47. The van der Waals surface area contributed by atoms with Crippen LogP contribution in [0.25, 0.3) is 5.57 Å². The predicted molar refractivity (Wildman–Crippen MR) is 103 cm³/mol. The van der Waals surface area contributed by atoms with Gasteiger partial charge in [-0.15, -0.1) is 0 Å². The summed E-state index contributed by atoms with van der Waals surface area (Å²) < 4.78 is 0. The fraction of sp³-hybridized carbons (Fsp3) is 0.190. The van der Waals surface area contributed by atoms with E-state index in [9.17, 15) is 0 Å². The van der Waals surface area contributed by atoms with Gasteiger partial charge in [0.05, 0.1) is 0 Å². The predicted octanol–water partition coefficient (Wildman–Crippen LogP) is 5.69. The monoisotopic (exact) mass is 304 g/mol. The first kappa shape index (κ1) is 16.8. The summed E-state index contributed by atoms with van der Waals surface area (Å²) >= 11 is 0. The van der Waals surface area contributed by atoms with Crippen LogP contribution in [0, 0.1) is 13.8 Å². The molecule has 0 aromatic heterocycles. The van der Waals surface area contributed by atoms with E-state index in [-0.39, 0.29) is 0 Å². The number of aliphatic imine (C=N–C) groups is 1. The molecule has 0 spiro atoms. The topological polar surface area (TPSA) is 15.6 Å². The lowest BCUT2D eigenvalue weighted by Gasteiger charge is -2.23. The van der Waals surface area contributed by atoms with E-state index in [1.807, 2.05) is 18.5 Å². The number of hydrogen-bond acceptors (Lipinski definition) is 2. The van der Waals surface area contributed by atoms with Crippen molar-refractivity contribution in [2.45, 2.75) is 20.8 Å². The maximum atomic E-state index is 4.02. The highest BCUT2D eigenvalue weighted by molar-refractivity contribution is 5.85. The molecule has 0 N–H and O–H groups in total. The van der Waals surface area contributed by atoms with Gasteiger partial charge in [-0.3, -0.25) is 4.99 Å². The van der Waals surface area contributed by atoms with Crippen LogP contribution in [-0.4, -0.2) is 13.3 Å². The molecule has 2 aromatic rings.